The zero-order valence-corrected chi connectivity index (χ0v) is 11.9. The fourth-order valence-corrected chi connectivity index (χ4v) is 6.14. The van der Waals surface area contributed by atoms with Crippen LogP contribution in [0.25, 0.3) is 0 Å². The summed E-state index contributed by atoms with van der Waals surface area (Å²) >= 11 is 12.8. The highest BCUT2D eigenvalue weighted by molar-refractivity contribution is 7.45. The average molecular weight is 261 g/mol. The van der Waals surface area contributed by atoms with Crippen molar-refractivity contribution in [2.75, 3.05) is 0 Å². The molecule has 0 amide bonds. The van der Waals surface area contributed by atoms with Crippen LogP contribution >= 0.6 is 22.2 Å². The Morgan fingerprint density at radius 2 is 1.73 bits per heavy atom. The van der Waals surface area contributed by atoms with Crippen LogP contribution in [0.3, 0.4) is 0 Å². The summed E-state index contributed by atoms with van der Waals surface area (Å²) in [6, 6.07) is 12.4. The topological polar surface area (TPSA) is 0 Å². The van der Waals surface area contributed by atoms with Gasteiger partial charge in [0, 0.05) is 0 Å². The number of hydrogen-bond donors (Lipinski definition) is 0. The van der Waals surface area contributed by atoms with Crippen LogP contribution < -0.4 is 0 Å². The third-order valence-corrected chi connectivity index (χ3v) is 6.78. The van der Waals surface area contributed by atoms with Gasteiger partial charge < -0.3 is 0 Å². The molecule has 0 bridgehead atoms. The molecular weight excluding hydrogens is 243 g/mol. The molecule has 0 N–H and O–H groups in total. The second-order valence-electron chi connectivity index (χ2n) is 4.44. The van der Waals surface area contributed by atoms with E-state index in [1.807, 2.05) is 6.07 Å². The summed E-state index contributed by atoms with van der Waals surface area (Å²) < 4.78 is 0. The van der Waals surface area contributed by atoms with Gasteiger partial charge in [0.2, 0.25) is 0 Å². The second-order valence-corrected chi connectivity index (χ2v) is 12.0. The van der Waals surface area contributed by atoms with Gasteiger partial charge in [-0.3, -0.25) is 0 Å². The molecule has 0 heterocycles. The Morgan fingerprint density at radius 3 is 2.27 bits per heavy atom. The Labute approximate surface area is 103 Å². The molecule has 1 rings (SSSR count). The van der Waals surface area contributed by atoms with Gasteiger partial charge in [-0.1, -0.05) is 44.2 Å². The van der Waals surface area contributed by atoms with Crippen molar-refractivity contribution < 1.29 is 0 Å². The van der Waals surface area contributed by atoms with E-state index in [1.54, 1.807) is 0 Å². The van der Waals surface area contributed by atoms with Crippen LogP contribution in [0.2, 0.25) is 12.1 Å². The quantitative estimate of drug-likeness (QED) is 0.527. The smallest absolute Gasteiger partial charge is 0.146 e. The number of hydrogen-bond acceptors (Lipinski definition) is 0. The fourth-order valence-electron chi connectivity index (χ4n) is 1.67. The van der Waals surface area contributed by atoms with E-state index in [4.69, 9.17) is 22.2 Å². The highest BCUT2D eigenvalue weighted by Gasteiger charge is 2.28. The lowest BCUT2D eigenvalue weighted by atomic mass is 10.2. The zero-order valence-electron chi connectivity index (χ0n) is 9.34. The molecule has 0 saturated heterocycles. The first-order chi connectivity index (χ1) is 6.99. The van der Waals surface area contributed by atoms with E-state index in [0.717, 1.165) is 18.5 Å². The molecule has 0 atom stereocenters. The standard InChI is InChI=1S/C12H18Cl2Si/c1-11(2)10-15(13,14)9-8-12-6-4-3-5-7-12/h3-7,11H,8-10H2,1-2H3. The van der Waals surface area contributed by atoms with Crippen LogP contribution in [0, 0.1) is 5.92 Å². The number of benzene rings is 1. The van der Waals surface area contributed by atoms with Crippen molar-refractivity contribution in [3.05, 3.63) is 35.9 Å². The van der Waals surface area contributed by atoms with Crippen LogP contribution in [0.1, 0.15) is 19.4 Å². The van der Waals surface area contributed by atoms with Gasteiger partial charge in [0.15, 0.2) is 0 Å². The molecule has 0 aliphatic rings. The molecule has 0 saturated carbocycles. The third-order valence-electron chi connectivity index (χ3n) is 2.33. The summed E-state index contributed by atoms with van der Waals surface area (Å²) in [6.45, 7) is 2.35. The van der Waals surface area contributed by atoms with Crippen LogP contribution in [0.4, 0.5) is 0 Å². The minimum absolute atomic E-state index is 0.599. The number of aryl methyl sites for hydroxylation is 1. The molecule has 1 aromatic carbocycles. The maximum absolute atomic E-state index is 6.39. The molecule has 3 heteroatoms. The normalized spacial score (nSPS) is 12.1. The van der Waals surface area contributed by atoms with Gasteiger partial charge in [-0.15, -0.1) is 22.2 Å². The predicted octanol–water partition coefficient (Wildman–Crippen LogP) is 4.80. The first-order valence-corrected chi connectivity index (χ1v) is 9.85. The van der Waals surface area contributed by atoms with Gasteiger partial charge in [0.25, 0.3) is 6.69 Å². The zero-order chi connectivity index (χ0) is 11.3. The van der Waals surface area contributed by atoms with Gasteiger partial charge in [-0.2, -0.15) is 0 Å². The molecule has 84 valence electrons. The lowest BCUT2D eigenvalue weighted by Gasteiger charge is -2.18. The number of halogens is 2. The van der Waals surface area contributed by atoms with Gasteiger partial charge in [0.1, 0.15) is 0 Å². The molecule has 0 aliphatic carbocycles. The van der Waals surface area contributed by atoms with E-state index >= 15 is 0 Å². The largest absolute Gasteiger partial charge is 0.251 e. The molecular formula is C12H18Cl2Si. The molecule has 0 aromatic heterocycles. The van der Waals surface area contributed by atoms with E-state index in [9.17, 15) is 0 Å². The summed E-state index contributed by atoms with van der Waals surface area (Å²) in [4.78, 5) is 0. The fraction of sp³-hybridized carbons (Fsp3) is 0.500. The molecule has 0 fully saturated rings. The highest BCUT2D eigenvalue weighted by atomic mass is 35.7. The van der Waals surface area contributed by atoms with Gasteiger partial charge in [-0.25, -0.2) is 0 Å². The molecule has 0 unspecified atom stereocenters. The minimum Gasteiger partial charge on any atom is -0.146 e. The van der Waals surface area contributed by atoms with Crippen molar-refractivity contribution in [3.8, 4) is 0 Å². The predicted molar refractivity (Wildman–Crippen MR) is 72.1 cm³/mol. The monoisotopic (exact) mass is 260 g/mol. The van der Waals surface area contributed by atoms with Crippen molar-refractivity contribution in [2.24, 2.45) is 5.92 Å². The average Bonchev–Trinajstić information content (AvgIpc) is 2.15. The van der Waals surface area contributed by atoms with Crippen molar-refractivity contribution in [1.82, 2.24) is 0 Å². The van der Waals surface area contributed by atoms with Crippen LogP contribution in [0.5, 0.6) is 0 Å². The Kier molecular flexibility index (Phi) is 5.17. The maximum atomic E-state index is 6.39. The first kappa shape index (κ1) is 13.1. The summed E-state index contributed by atoms with van der Waals surface area (Å²) in [5.41, 5.74) is 1.33. The molecule has 0 radical (unpaired) electrons. The molecule has 0 spiro atoms. The van der Waals surface area contributed by atoms with Crippen molar-refractivity contribution in [1.29, 1.82) is 0 Å². The van der Waals surface area contributed by atoms with E-state index in [0.29, 0.717) is 5.92 Å². The summed E-state index contributed by atoms with van der Waals surface area (Å²) in [6.07, 6.45) is 1.01. The van der Waals surface area contributed by atoms with Crippen LogP contribution in [-0.2, 0) is 6.42 Å². The Balaban J connectivity index is 2.42. The Bertz CT molecular complexity index is 283. The van der Waals surface area contributed by atoms with Crippen molar-refractivity contribution in [2.45, 2.75) is 32.4 Å². The van der Waals surface area contributed by atoms with E-state index in [2.05, 4.69) is 38.1 Å². The van der Waals surface area contributed by atoms with E-state index in [1.165, 1.54) is 5.56 Å². The van der Waals surface area contributed by atoms with Crippen LogP contribution in [-0.4, -0.2) is 6.69 Å². The SMILES string of the molecule is CC(C)C[Si](Cl)(Cl)CCc1ccccc1. The highest BCUT2D eigenvalue weighted by Crippen LogP contribution is 2.30. The maximum Gasteiger partial charge on any atom is 0.251 e. The minimum atomic E-state index is -2.00. The molecule has 15 heavy (non-hydrogen) atoms. The van der Waals surface area contributed by atoms with Gasteiger partial charge >= 0.3 is 0 Å². The molecule has 0 nitrogen and oxygen atoms in total. The van der Waals surface area contributed by atoms with Crippen molar-refractivity contribution in [3.63, 3.8) is 0 Å². The van der Waals surface area contributed by atoms with Gasteiger partial charge in [0.05, 0.1) is 0 Å². The van der Waals surface area contributed by atoms with Crippen molar-refractivity contribution >= 4 is 28.9 Å². The lowest BCUT2D eigenvalue weighted by molar-refractivity contribution is 0.724. The lowest BCUT2D eigenvalue weighted by Crippen LogP contribution is -2.21. The Hall–Kier alpha value is 0.0169. The number of rotatable bonds is 5. The Morgan fingerprint density at radius 1 is 1.13 bits per heavy atom. The first-order valence-electron chi connectivity index (χ1n) is 5.41. The van der Waals surface area contributed by atoms with E-state index in [-0.39, 0.29) is 0 Å². The summed E-state index contributed by atoms with van der Waals surface area (Å²) in [5, 5.41) is 0. The van der Waals surface area contributed by atoms with E-state index < -0.39 is 6.69 Å². The second kappa shape index (κ2) is 5.93. The molecule has 1 aromatic rings. The molecule has 0 aliphatic heterocycles. The third kappa shape index (κ3) is 5.60. The summed E-state index contributed by atoms with van der Waals surface area (Å²) in [7, 11) is 0. The summed E-state index contributed by atoms with van der Waals surface area (Å²) in [5.74, 6) is 0.599. The van der Waals surface area contributed by atoms with Gasteiger partial charge in [-0.05, 0) is 30.0 Å². The van der Waals surface area contributed by atoms with Crippen LogP contribution in [0.15, 0.2) is 30.3 Å².